The summed E-state index contributed by atoms with van der Waals surface area (Å²) in [5, 5.41) is 3.29. The van der Waals surface area contributed by atoms with E-state index in [1.54, 1.807) is 19.1 Å². The van der Waals surface area contributed by atoms with Crippen LogP contribution in [0.3, 0.4) is 0 Å². The minimum absolute atomic E-state index is 0. The fourth-order valence-electron chi connectivity index (χ4n) is 2.72. The van der Waals surface area contributed by atoms with Gasteiger partial charge in [-0.05, 0) is 18.9 Å². The number of hydrogen-bond acceptors (Lipinski definition) is 2. The predicted molar refractivity (Wildman–Crippen MR) is 87.7 cm³/mol. The fraction of sp³-hybridized carbons (Fsp3) is 0.600. The number of halogens is 4. The van der Waals surface area contributed by atoms with E-state index in [1.165, 1.54) is 0 Å². The van der Waals surface area contributed by atoms with Gasteiger partial charge in [-0.2, -0.15) is 0 Å². The van der Waals surface area contributed by atoms with E-state index in [-0.39, 0.29) is 30.9 Å². The zero-order valence-corrected chi connectivity index (χ0v) is 14.1. The molecule has 1 fully saturated rings. The van der Waals surface area contributed by atoms with Gasteiger partial charge in [0.2, 0.25) is 0 Å². The molecular weight excluding hydrogens is 317 g/mol. The molecule has 1 aliphatic heterocycles. The summed E-state index contributed by atoms with van der Waals surface area (Å²) >= 11 is 0. The van der Waals surface area contributed by atoms with Crippen LogP contribution in [0, 0.1) is 18.6 Å². The minimum Gasteiger partial charge on any atom is -0.314 e. The maximum absolute atomic E-state index is 14.2. The van der Waals surface area contributed by atoms with E-state index < -0.39 is 11.6 Å². The monoisotopic (exact) mass is 340 g/mol. The van der Waals surface area contributed by atoms with Gasteiger partial charge in [-0.25, -0.2) is 8.78 Å². The smallest absolute Gasteiger partial charge is 0.163 e. The molecule has 2 nitrogen and oxygen atoms in total. The SMILES string of the molecule is CCC[C@@H](c1ccc(C)c(F)c1F)N1CCNCC1.Cl.Cl. The number of rotatable bonds is 4. The second-order valence-electron chi connectivity index (χ2n) is 5.19. The maximum atomic E-state index is 14.2. The molecule has 2 rings (SSSR count). The molecule has 1 heterocycles. The Hall–Kier alpha value is -0.420. The van der Waals surface area contributed by atoms with Crippen LogP contribution in [0.4, 0.5) is 8.78 Å². The third-order valence-corrected chi connectivity index (χ3v) is 3.82. The van der Waals surface area contributed by atoms with Crippen LogP contribution < -0.4 is 5.32 Å². The van der Waals surface area contributed by atoms with Crippen LogP contribution in [0.15, 0.2) is 12.1 Å². The van der Waals surface area contributed by atoms with Gasteiger partial charge in [0.05, 0.1) is 0 Å². The molecule has 122 valence electrons. The average molecular weight is 341 g/mol. The Bertz CT molecular complexity index is 438. The van der Waals surface area contributed by atoms with E-state index in [0.717, 1.165) is 39.0 Å². The standard InChI is InChI=1S/C15H22F2N2.2ClH/c1-3-4-13(19-9-7-18-8-10-19)12-6-5-11(2)14(16)15(12)17;;/h5-6,13,18H,3-4,7-10H2,1-2H3;2*1H/t13-;;/m0../s1. The van der Waals surface area contributed by atoms with Gasteiger partial charge in [-0.1, -0.05) is 25.5 Å². The number of nitrogens with zero attached hydrogens (tertiary/aromatic N) is 1. The van der Waals surface area contributed by atoms with Gasteiger partial charge in [0.25, 0.3) is 0 Å². The first-order valence-corrected chi connectivity index (χ1v) is 7.04. The normalized spacial score (nSPS) is 16.8. The van der Waals surface area contributed by atoms with Crippen LogP contribution in [0.25, 0.3) is 0 Å². The van der Waals surface area contributed by atoms with Crippen molar-refractivity contribution in [1.29, 1.82) is 0 Å². The Morgan fingerprint density at radius 2 is 1.76 bits per heavy atom. The topological polar surface area (TPSA) is 15.3 Å². The predicted octanol–water partition coefficient (Wildman–Crippen LogP) is 3.86. The Labute approximate surface area is 138 Å². The molecule has 1 atom stereocenters. The van der Waals surface area contributed by atoms with Crippen molar-refractivity contribution in [3.05, 3.63) is 34.9 Å². The van der Waals surface area contributed by atoms with Crippen molar-refractivity contribution in [2.75, 3.05) is 26.2 Å². The molecule has 0 bridgehead atoms. The maximum Gasteiger partial charge on any atom is 0.163 e. The van der Waals surface area contributed by atoms with Crippen molar-refractivity contribution in [2.24, 2.45) is 0 Å². The van der Waals surface area contributed by atoms with E-state index >= 15 is 0 Å². The Kier molecular flexibility index (Phi) is 9.38. The molecule has 0 unspecified atom stereocenters. The Morgan fingerprint density at radius 1 is 1.14 bits per heavy atom. The van der Waals surface area contributed by atoms with Crippen LogP contribution in [-0.2, 0) is 0 Å². The molecule has 1 aromatic carbocycles. The lowest BCUT2D eigenvalue weighted by atomic mass is 9.98. The summed E-state index contributed by atoms with van der Waals surface area (Å²) in [4.78, 5) is 2.26. The molecular formula is C15H24Cl2F2N2. The number of aryl methyl sites for hydroxylation is 1. The lowest BCUT2D eigenvalue weighted by molar-refractivity contribution is 0.160. The van der Waals surface area contributed by atoms with Gasteiger partial charge in [0.1, 0.15) is 0 Å². The zero-order valence-electron chi connectivity index (χ0n) is 12.5. The summed E-state index contributed by atoms with van der Waals surface area (Å²) in [7, 11) is 0. The average Bonchev–Trinajstić information content (AvgIpc) is 2.44. The molecule has 21 heavy (non-hydrogen) atoms. The van der Waals surface area contributed by atoms with Gasteiger partial charge in [-0.15, -0.1) is 24.8 Å². The summed E-state index contributed by atoms with van der Waals surface area (Å²) in [5.74, 6) is -1.37. The first kappa shape index (κ1) is 20.6. The highest BCUT2D eigenvalue weighted by molar-refractivity contribution is 5.85. The minimum atomic E-state index is -0.700. The van der Waals surface area contributed by atoms with Crippen molar-refractivity contribution in [3.8, 4) is 0 Å². The summed E-state index contributed by atoms with van der Waals surface area (Å²) in [6, 6.07) is 3.41. The van der Waals surface area contributed by atoms with Crippen LogP contribution >= 0.6 is 24.8 Å². The Balaban J connectivity index is 0.00000200. The molecule has 0 spiro atoms. The number of benzene rings is 1. The van der Waals surface area contributed by atoms with E-state index in [1.807, 2.05) is 0 Å². The molecule has 0 aliphatic carbocycles. The van der Waals surface area contributed by atoms with Crippen molar-refractivity contribution >= 4 is 24.8 Å². The van der Waals surface area contributed by atoms with E-state index in [2.05, 4.69) is 17.1 Å². The number of nitrogens with one attached hydrogen (secondary N) is 1. The molecule has 0 saturated carbocycles. The van der Waals surface area contributed by atoms with E-state index in [9.17, 15) is 8.78 Å². The second kappa shape index (κ2) is 9.57. The lowest BCUT2D eigenvalue weighted by Gasteiger charge is -2.35. The molecule has 0 aromatic heterocycles. The second-order valence-corrected chi connectivity index (χ2v) is 5.19. The first-order valence-electron chi connectivity index (χ1n) is 7.04. The van der Waals surface area contributed by atoms with Crippen LogP contribution in [0.1, 0.15) is 36.9 Å². The summed E-state index contributed by atoms with van der Waals surface area (Å²) in [6.07, 6.45) is 1.82. The molecule has 1 N–H and O–H groups in total. The molecule has 0 amide bonds. The van der Waals surface area contributed by atoms with Gasteiger partial charge < -0.3 is 5.32 Å². The molecule has 6 heteroatoms. The van der Waals surface area contributed by atoms with E-state index in [0.29, 0.717) is 11.1 Å². The lowest BCUT2D eigenvalue weighted by Crippen LogP contribution is -2.45. The molecule has 0 radical (unpaired) electrons. The highest BCUT2D eigenvalue weighted by Crippen LogP contribution is 2.30. The third kappa shape index (κ3) is 4.78. The quantitative estimate of drug-likeness (QED) is 0.895. The largest absolute Gasteiger partial charge is 0.314 e. The molecule has 1 aliphatic rings. The number of hydrogen-bond donors (Lipinski definition) is 1. The fourth-order valence-corrected chi connectivity index (χ4v) is 2.72. The highest BCUT2D eigenvalue weighted by atomic mass is 35.5. The van der Waals surface area contributed by atoms with Crippen molar-refractivity contribution in [1.82, 2.24) is 10.2 Å². The van der Waals surface area contributed by atoms with Crippen LogP contribution in [0.2, 0.25) is 0 Å². The van der Waals surface area contributed by atoms with Gasteiger partial charge in [0, 0.05) is 37.8 Å². The van der Waals surface area contributed by atoms with E-state index in [4.69, 9.17) is 0 Å². The van der Waals surface area contributed by atoms with Crippen LogP contribution in [-0.4, -0.2) is 31.1 Å². The first-order chi connectivity index (χ1) is 9.15. The van der Waals surface area contributed by atoms with Gasteiger partial charge >= 0.3 is 0 Å². The Morgan fingerprint density at radius 3 is 2.33 bits per heavy atom. The van der Waals surface area contributed by atoms with Gasteiger partial charge in [-0.3, -0.25) is 4.90 Å². The van der Waals surface area contributed by atoms with Crippen molar-refractivity contribution in [3.63, 3.8) is 0 Å². The number of piperazine rings is 1. The van der Waals surface area contributed by atoms with Gasteiger partial charge in [0.15, 0.2) is 11.6 Å². The summed E-state index contributed by atoms with van der Waals surface area (Å²) in [5.41, 5.74) is 0.878. The summed E-state index contributed by atoms with van der Waals surface area (Å²) in [6.45, 7) is 7.28. The van der Waals surface area contributed by atoms with Crippen molar-refractivity contribution < 1.29 is 8.78 Å². The zero-order chi connectivity index (χ0) is 13.8. The highest BCUT2D eigenvalue weighted by Gasteiger charge is 2.25. The summed E-state index contributed by atoms with van der Waals surface area (Å²) < 4.78 is 27.9. The van der Waals surface area contributed by atoms with Crippen molar-refractivity contribution in [2.45, 2.75) is 32.7 Å². The third-order valence-electron chi connectivity index (χ3n) is 3.82. The van der Waals surface area contributed by atoms with Crippen LogP contribution in [0.5, 0.6) is 0 Å². The molecule has 1 saturated heterocycles. The molecule has 1 aromatic rings.